The highest BCUT2D eigenvalue weighted by atomic mass is 79.9. The van der Waals surface area contributed by atoms with Crippen molar-refractivity contribution in [3.8, 4) is 5.75 Å². The van der Waals surface area contributed by atoms with Gasteiger partial charge in [0, 0.05) is 10.2 Å². The topological polar surface area (TPSA) is 9.23 Å². The van der Waals surface area contributed by atoms with Gasteiger partial charge in [0.05, 0.1) is 9.35 Å². The van der Waals surface area contributed by atoms with E-state index in [0.29, 0.717) is 10.9 Å². The van der Waals surface area contributed by atoms with Gasteiger partial charge in [0.1, 0.15) is 12.4 Å². The summed E-state index contributed by atoms with van der Waals surface area (Å²) >= 11 is 7.88. The van der Waals surface area contributed by atoms with Gasteiger partial charge in [-0.25, -0.2) is 0 Å². The second kappa shape index (κ2) is 6.49. The van der Waals surface area contributed by atoms with Gasteiger partial charge in [0.25, 0.3) is 0 Å². The van der Waals surface area contributed by atoms with Gasteiger partial charge in [-0.2, -0.15) is 13.2 Å². The summed E-state index contributed by atoms with van der Waals surface area (Å²) in [6, 6.07) is 7.73. The van der Waals surface area contributed by atoms with Crippen molar-refractivity contribution >= 4 is 43.2 Å². The van der Waals surface area contributed by atoms with Crippen LogP contribution in [0.5, 0.6) is 5.75 Å². The third-order valence-electron chi connectivity index (χ3n) is 2.50. The highest BCUT2D eigenvalue weighted by Crippen LogP contribution is 2.37. The molecule has 0 amide bonds. The van der Waals surface area contributed by atoms with E-state index in [1.807, 2.05) is 12.1 Å². The SMILES string of the molecule is FC(F)(F)c1cc(CBr)ccc1OCc1ccc(Br)s1. The molecule has 2 rings (SSSR count). The Kier molecular flexibility index (Phi) is 5.14. The van der Waals surface area contributed by atoms with Crippen LogP contribution in [0.2, 0.25) is 0 Å². The zero-order chi connectivity index (χ0) is 14.8. The smallest absolute Gasteiger partial charge is 0.419 e. The van der Waals surface area contributed by atoms with Gasteiger partial charge in [0.15, 0.2) is 0 Å². The summed E-state index contributed by atoms with van der Waals surface area (Å²) in [5, 5.41) is 0.369. The molecular weight excluding hydrogens is 421 g/mol. The van der Waals surface area contributed by atoms with E-state index in [-0.39, 0.29) is 12.4 Å². The molecule has 0 atom stereocenters. The maximum atomic E-state index is 13.0. The van der Waals surface area contributed by atoms with E-state index in [0.717, 1.165) is 14.7 Å². The maximum absolute atomic E-state index is 13.0. The molecule has 0 saturated carbocycles. The highest BCUT2D eigenvalue weighted by Gasteiger charge is 2.34. The summed E-state index contributed by atoms with van der Waals surface area (Å²) in [5.41, 5.74) is -0.186. The normalized spacial score (nSPS) is 11.7. The summed E-state index contributed by atoms with van der Waals surface area (Å²) in [6.07, 6.45) is -4.43. The lowest BCUT2D eigenvalue weighted by molar-refractivity contribution is -0.139. The van der Waals surface area contributed by atoms with Crippen molar-refractivity contribution < 1.29 is 17.9 Å². The Morgan fingerprint density at radius 3 is 2.45 bits per heavy atom. The monoisotopic (exact) mass is 428 g/mol. The van der Waals surface area contributed by atoms with Crippen molar-refractivity contribution in [1.29, 1.82) is 0 Å². The van der Waals surface area contributed by atoms with Crippen molar-refractivity contribution in [3.63, 3.8) is 0 Å². The molecule has 0 unspecified atom stereocenters. The van der Waals surface area contributed by atoms with Crippen molar-refractivity contribution in [1.82, 2.24) is 0 Å². The second-order valence-corrected chi connectivity index (χ2v) is 7.06. The molecule has 1 aromatic heterocycles. The Morgan fingerprint density at radius 1 is 1.15 bits per heavy atom. The number of benzene rings is 1. The molecule has 0 aliphatic carbocycles. The lowest BCUT2D eigenvalue weighted by Crippen LogP contribution is -2.09. The summed E-state index contributed by atoms with van der Waals surface area (Å²) in [7, 11) is 0. The summed E-state index contributed by atoms with van der Waals surface area (Å²) in [6.45, 7) is 0.118. The Hall–Kier alpha value is -0.530. The van der Waals surface area contributed by atoms with Crippen LogP contribution in [-0.4, -0.2) is 0 Å². The van der Waals surface area contributed by atoms with Crippen LogP contribution in [0.3, 0.4) is 0 Å². The molecule has 1 heterocycles. The molecule has 0 radical (unpaired) electrons. The van der Waals surface area contributed by atoms with Gasteiger partial charge < -0.3 is 4.74 Å². The van der Waals surface area contributed by atoms with Crippen LogP contribution in [0, 0.1) is 0 Å². The summed E-state index contributed by atoms with van der Waals surface area (Å²) in [5.74, 6) is -0.147. The Labute approximate surface area is 135 Å². The van der Waals surface area contributed by atoms with Crippen molar-refractivity contribution in [3.05, 3.63) is 50.1 Å². The van der Waals surface area contributed by atoms with Crippen LogP contribution in [0.4, 0.5) is 13.2 Å². The van der Waals surface area contributed by atoms with Gasteiger partial charge >= 0.3 is 6.18 Å². The fourth-order valence-electron chi connectivity index (χ4n) is 1.59. The lowest BCUT2D eigenvalue weighted by atomic mass is 10.1. The first kappa shape index (κ1) is 15.9. The molecular formula is C13H9Br2F3OS. The maximum Gasteiger partial charge on any atom is 0.419 e. The van der Waals surface area contributed by atoms with E-state index in [1.165, 1.54) is 17.4 Å². The zero-order valence-corrected chi connectivity index (χ0v) is 14.0. The Morgan fingerprint density at radius 2 is 1.90 bits per heavy atom. The third-order valence-corrected chi connectivity index (χ3v) is 4.75. The zero-order valence-electron chi connectivity index (χ0n) is 10.0. The number of ether oxygens (including phenoxy) is 1. The van der Waals surface area contributed by atoms with E-state index in [2.05, 4.69) is 31.9 Å². The summed E-state index contributed by atoms with van der Waals surface area (Å²) < 4.78 is 45.2. The molecule has 0 aliphatic heterocycles. The van der Waals surface area contributed by atoms with Crippen molar-refractivity contribution in [2.24, 2.45) is 0 Å². The predicted molar refractivity (Wildman–Crippen MR) is 80.4 cm³/mol. The fraction of sp³-hybridized carbons (Fsp3) is 0.231. The van der Waals surface area contributed by atoms with Crippen molar-refractivity contribution in [2.75, 3.05) is 0 Å². The fourth-order valence-corrected chi connectivity index (χ4v) is 3.33. The molecule has 2 aromatic rings. The molecule has 0 fully saturated rings. The Bertz CT molecular complexity index is 596. The largest absolute Gasteiger partial charge is 0.487 e. The number of rotatable bonds is 4. The van der Waals surface area contributed by atoms with Gasteiger partial charge in [0.2, 0.25) is 0 Å². The Balaban J connectivity index is 2.22. The minimum absolute atomic E-state index is 0.118. The average molecular weight is 430 g/mol. The third kappa shape index (κ3) is 3.99. The van der Waals surface area contributed by atoms with E-state index >= 15 is 0 Å². The minimum atomic E-state index is -4.43. The van der Waals surface area contributed by atoms with Crippen molar-refractivity contribution in [2.45, 2.75) is 18.1 Å². The van der Waals surface area contributed by atoms with Gasteiger partial charge in [-0.05, 0) is 45.8 Å². The molecule has 20 heavy (non-hydrogen) atoms. The molecule has 0 saturated heterocycles. The van der Waals surface area contributed by atoms with E-state index in [1.54, 1.807) is 6.07 Å². The standard InChI is InChI=1S/C13H9Br2F3OS/c14-6-8-1-3-11(10(5-8)13(16,17)18)19-7-9-2-4-12(15)20-9/h1-5H,6-7H2. The minimum Gasteiger partial charge on any atom is -0.487 e. The average Bonchev–Trinajstić information content (AvgIpc) is 2.81. The molecule has 108 valence electrons. The van der Waals surface area contributed by atoms with E-state index < -0.39 is 11.7 Å². The van der Waals surface area contributed by atoms with Gasteiger partial charge in [-0.1, -0.05) is 22.0 Å². The first-order valence-corrected chi connectivity index (χ1v) is 8.26. The molecule has 0 spiro atoms. The predicted octanol–water partition coefficient (Wildman–Crippen LogP) is 6.00. The van der Waals surface area contributed by atoms with Crippen LogP contribution in [0.15, 0.2) is 34.1 Å². The highest BCUT2D eigenvalue weighted by molar-refractivity contribution is 9.11. The number of hydrogen-bond acceptors (Lipinski definition) is 2. The van der Waals surface area contributed by atoms with Crippen LogP contribution < -0.4 is 4.74 Å². The molecule has 1 aromatic carbocycles. The molecule has 0 bridgehead atoms. The van der Waals surface area contributed by atoms with E-state index in [4.69, 9.17) is 4.74 Å². The van der Waals surface area contributed by atoms with Crippen LogP contribution in [-0.2, 0) is 18.1 Å². The molecule has 1 nitrogen and oxygen atoms in total. The lowest BCUT2D eigenvalue weighted by Gasteiger charge is -2.14. The second-order valence-electron chi connectivity index (χ2n) is 3.96. The van der Waals surface area contributed by atoms with Gasteiger partial charge in [-0.3, -0.25) is 0 Å². The number of thiophene rings is 1. The first-order valence-electron chi connectivity index (χ1n) is 5.53. The van der Waals surface area contributed by atoms with E-state index in [9.17, 15) is 13.2 Å². The van der Waals surface area contributed by atoms with Crippen LogP contribution in [0.25, 0.3) is 0 Å². The quantitative estimate of drug-likeness (QED) is 0.541. The molecule has 0 aliphatic rings. The van der Waals surface area contributed by atoms with Crippen LogP contribution in [0.1, 0.15) is 16.0 Å². The number of alkyl halides is 4. The number of hydrogen-bond donors (Lipinski definition) is 0. The summed E-state index contributed by atoms with van der Waals surface area (Å²) in [4.78, 5) is 0.856. The molecule has 0 N–H and O–H groups in total. The van der Waals surface area contributed by atoms with Crippen LogP contribution >= 0.6 is 43.2 Å². The first-order chi connectivity index (χ1) is 9.40. The number of halogens is 5. The molecule has 7 heteroatoms. The van der Waals surface area contributed by atoms with Gasteiger partial charge in [-0.15, -0.1) is 11.3 Å².